The molecule has 1 N–H and O–H groups in total. The van der Waals surface area contributed by atoms with E-state index in [0.717, 1.165) is 29.8 Å². The molecule has 0 aliphatic rings. The number of nitrogens with zero attached hydrogens (tertiary/aromatic N) is 4. The van der Waals surface area contributed by atoms with Crippen LogP contribution in [0.2, 0.25) is 0 Å². The Balaban J connectivity index is 2.34. The van der Waals surface area contributed by atoms with E-state index in [9.17, 15) is 0 Å². The lowest BCUT2D eigenvalue weighted by Crippen LogP contribution is -2.27. The van der Waals surface area contributed by atoms with Gasteiger partial charge in [0.2, 0.25) is 0 Å². The highest BCUT2D eigenvalue weighted by Crippen LogP contribution is 2.28. The molecule has 0 fully saturated rings. The van der Waals surface area contributed by atoms with Crippen molar-refractivity contribution in [2.45, 2.75) is 19.5 Å². The molecule has 0 radical (unpaired) electrons. The van der Waals surface area contributed by atoms with Gasteiger partial charge in [0.25, 0.3) is 0 Å². The Bertz CT molecular complexity index is 552. The summed E-state index contributed by atoms with van der Waals surface area (Å²) in [5.74, 6) is 0. The van der Waals surface area contributed by atoms with Crippen LogP contribution in [0, 0.1) is 0 Å². The van der Waals surface area contributed by atoms with Crippen LogP contribution in [0.1, 0.15) is 24.2 Å². The first-order valence-corrected chi connectivity index (χ1v) is 7.92. The Morgan fingerprint density at radius 3 is 2.67 bits per heavy atom. The molecule has 0 aliphatic heterocycles. The smallest absolute Gasteiger partial charge is 0.0760 e. The van der Waals surface area contributed by atoms with Gasteiger partial charge in [-0.1, -0.05) is 6.92 Å². The average Bonchev–Trinajstić information content (AvgIpc) is 2.84. The summed E-state index contributed by atoms with van der Waals surface area (Å²) >= 11 is 3.64. The Labute approximate surface area is 134 Å². The van der Waals surface area contributed by atoms with E-state index in [1.807, 2.05) is 30.7 Å². The topological polar surface area (TPSA) is 46.0 Å². The second-order valence-electron chi connectivity index (χ2n) is 5.18. The van der Waals surface area contributed by atoms with Crippen LogP contribution in [0.4, 0.5) is 0 Å². The summed E-state index contributed by atoms with van der Waals surface area (Å²) in [4.78, 5) is 6.27. The van der Waals surface area contributed by atoms with Crippen molar-refractivity contribution in [2.75, 3.05) is 27.2 Å². The molecule has 0 saturated carbocycles. The Morgan fingerprint density at radius 1 is 1.33 bits per heavy atom. The predicted molar refractivity (Wildman–Crippen MR) is 88.2 cm³/mol. The molecule has 5 nitrogen and oxygen atoms in total. The van der Waals surface area contributed by atoms with Crippen LogP contribution in [0.15, 0.2) is 35.2 Å². The maximum atomic E-state index is 4.50. The first-order valence-electron chi connectivity index (χ1n) is 7.12. The fraction of sp³-hybridized carbons (Fsp3) is 0.467. The maximum absolute atomic E-state index is 4.50. The Hall–Kier alpha value is -1.24. The number of rotatable bonds is 7. The molecular formula is C15H22BrN5. The van der Waals surface area contributed by atoms with E-state index in [2.05, 4.69) is 61.9 Å². The normalized spacial score (nSPS) is 12.8. The zero-order valence-electron chi connectivity index (χ0n) is 12.8. The van der Waals surface area contributed by atoms with Crippen molar-refractivity contribution in [3.05, 3.63) is 46.5 Å². The molecule has 6 heteroatoms. The molecule has 0 spiro atoms. The summed E-state index contributed by atoms with van der Waals surface area (Å²) in [5, 5.41) is 8.04. The van der Waals surface area contributed by atoms with Gasteiger partial charge in [0.15, 0.2) is 0 Å². The lowest BCUT2D eigenvalue weighted by atomic mass is 10.1. The molecule has 2 heterocycles. The largest absolute Gasteiger partial charge is 0.308 e. The highest BCUT2D eigenvalue weighted by Gasteiger charge is 2.21. The van der Waals surface area contributed by atoms with E-state index in [0.29, 0.717) is 0 Å². The molecule has 2 rings (SSSR count). The van der Waals surface area contributed by atoms with Crippen LogP contribution in [-0.2, 0) is 6.54 Å². The molecule has 0 bridgehead atoms. The monoisotopic (exact) mass is 351 g/mol. The molecule has 0 amide bonds. The predicted octanol–water partition coefficient (Wildman–Crippen LogP) is 2.30. The number of aromatic nitrogens is 3. The van der Waals surface area contributed by atoms with Gasteiger partial charge in [-0.05, 0) is 54.3 Å². The average molecular weight is 352 g/mol. The van der Waals surface area contributed by atoms with Crippen molar-refractivity contribution in [2.24, 2.45) is 0 Å². The molecule has 2 aromatic rings. The quantitative estimate of drug-likeness (QED) is 0.831. The first kappa shape index (κ1) is 16.1. The minimum absolute atomic E-state index is 0.108. The van der Waals surface area contributed by atoms with E-state index in [-0.39, 0.29) is 6.04 Å². The number of nitrogens with one attached hydrogen (secondary N) is 1. The molecule has 0 saturated heterocycles. The number of hydrogen-bond donors (Lipinski definition) is 1. The molecule has 1 atom stereocenters. The van der Waals surface area contributed by atoms with Gasteiger partial charge in [-0.3, -0.25) is 9.67 Å². The van der Waals surface area contributed by atoms with Crippen molar-refractivity contribution in [1.82, 2.24) is 25.0 Å². The van der Waals surface area contributed by atoms with Gasteiger partial charge >= 0.3 is 0 Å². The summed E-state index contributed by atoms with van der Waals surface area (Å²) in [6, 6.07) is 4.20. The molecule has 21 heavy (non-hydrogen) atoms. The Kier molecular flexibility index (Phi) is 5.90. The van der Waals surface area contributed by atoms with Crippen molar-refractivity contribution in [1.29, 1.82) is 0 Å². The third-order valence-corrected chi connectivity index (χ3v) is 3.92. The summed E-state index contributed by atoms with van der Waals surface area (Å²) in [7, 11) is 4.14. The number of pyridine rings is 1. The number of likely N-dealkylation sites (N-methyl/N-ethyl adjacent to an activating group) is 1. The standard InChI is InChI=1S/C15H22BrN5/c1-4-18-14(12-5-7-17-8-6-12)15-13(16)11-19-21(15)10-9-20(2)3/h5-8,11,14,18H,4,9-10H2,1-3H3. The van der Waals surface area contributed by atoms with Crippen molar-refractivity contribution >= 4 is 15.9 Å². The second-order valence-corrected chi connectivity index (χ2v) is 6.03. The lowest BCUT2D eigenvalue weighted by molar-refractivity contribution is 0.365. The molecule has 0 aliphatic carbocycles. The molecule has 114 valence electrons. The Morgan fingerprint density at radius 2 is 2.05 bits per heavy atom. The zero-order chi connectivity index (χ0) is 15.2. The summed E-state index contributed by atoms with van der Waals surface area (Å²) in [6.45, 7) is 4.82. The van der Waals surface area contributed by atoms with Crippen LogP contribution in [0.5, 0.6) is 0 Å². The first-order chi connectivity index (χ1) is 10.1. The summed E-state index contributed by atoms with van der Waals surface area (Å²) in [5.41, 5.74) is 2.35. The highest BCUT2D eigenvalue weighted by molar-refractivity contribution is 9.10. The maximum Gasteiger partial charge on any atom is 0.0760 e. The van der Waals surface area contributed by atoms with Crippen LogP contribution < -0.4 is 5.32 Å². The van der Waals surface area contributed by atoms with Gasteiger partial charge in [0.05, 0.1) is 29.0 Å². The van der Waals surface area contributed by atoms with Crippen LogP contribution in [0.3, 0.4) is 0 Å². The fourth-order valence-corrected chi connectivity index (χ4v) is 2.79. The minimum Gasteiger partial charge on any atom is -0.308 e. The van der Waals surface area contributed by atoms with E-state index >= 15 is 0 Å². The van der Waals surface area contributed by atoms with Crippen LogP contribution in [0.25, 0.3) is 0 Å². The molecule has 2 aromatic heterocycles. The summed E-state index contributed by atoms with van der Waals surface area (Å²) in [6.07, 6.45) is 5.53. The van der Waals surface area contributed by atoms with E-state index in [1.54, 1.807) is 0 Å². The van der Waals surface area contributed by atoms with E-state index in [4.69, 9.17) is 0 Å². The van der Waals surface area contributed by atoms with Gasteiger partial charge < -0.3 is 10.2 Å². The van der Waals surface area contributed by atoms with Gasteiger partial charge in [-0.2, -0.15) is 5.10 Å². The van der Waals surface area contributed by atoms with Gasteiger partial charge in [0, 0.05) is 18.9 Å². The van der Waals surface area contributed by atoms with Gasteiger partial charge in [0.1, 0.15) is 0 Å². The van der Waals surface area contributed by atoms with E-state index < -0.39 is 0 Å². The highest BCUT2D eigenvalue weighted by atomic mass is 79.9. The summed E-state index contributed by atoms with van der Waals surface area (Å²) < 4.78 is 3.10. The minimum atomic E-state index is 0.108. The second kappa shape index (κ2) is 7.68. The van der Waals surface area contributed by atoms with Crippen molar-refractivity contribution in [3.63, 3.8) is 0 Å². The molecule has 1 unspecified atom stereocenters. The van der Waals surface area contributed by atoms with Gasteiger partial charge in [-0.25, -0.2) is 0 Å². The third-order valence-electron chi connectivity index (χ3n) is 3.31. The lowest BCUT2D eigenvalue weighted by Gasteiger charge is -2.21. The number of hydrogen-bond acceptors (Lipinski definition) is 4. The third kappa shape index (κ3) is 4.12. The fourth-order valence-electron chi connectivity index (χ4n) is 2.26. The van der Waals surface area contributed by atoms with Crippen LogP contribution >= 0.6 is 15.9 Å². The molecule has 0 aromatic carbocycles. The van der Waals surface area contributed by atoms with E-state index in [1.165, 1.54) is 5.56 Å². The zero-order valence-corrected chi connectivity index (χ0v) is 14.3. The van der Waals surface area contributed by atoms with Crippen molar-refractivity contribution < 1.29 is 0 Å². The number of halogens is 1. The van der Waals surface area contributed by atoms with Gasteiger partial charge in [-0.15, -0.1) is 0 Å². The molecular weight excluding hydrogens is 330 g/mol. The SMILES string of the molecule is CCNC(c1ccncc1)c1c(Br)cnn1CCN(C)C. The van der Waals surface area contributed by atoms with Crippen molar-refractivity contribution in [3.8, 4) is 0 Å². The van der Waals surface area contributed by atoms with Crippen LogP contribution in [-0.4, -0.2) is 46.8 Å².